The highest BCUT2D eigenvalue weighted by Crippen LogP contribution is 2.24. The van der Waals surface area contributed by atoms with Crippen molar-refractivity contribution >= 4 is 17.8 Å². The van der Waals surface area contributed by atoms with Crippen LogP contribution in [0.3, 0.4) is 0 Å². The Morgan fingerprint density at radius 1 is 1.27 bits per heavy atom. The highest BCUT2D eigenvalue weighted by molar-refractivity contribution is 5.99. The van der Waals surface area contributed by atoms with Crippen LogP contribution in [0.5, 0.6) is 0 Å². The summed E-state index contributed by atoms with van der Waals surface area (Å²) in [5.41, 5.74) is 0.601. The Morgan fingerprint density at radius 3 is 2.41 bits per heavy atom. The Balaban J connectivity index is 3.09. The zero-order chi connectivity index (χ0) is 16.5. The van der Waals surface area contributed by atoms with Crippen LogP contribution in [-0.4, -0.2) is 31.6 Å². The molecule has 1 amide bonds. The zero-order valence-corrected chi connectivity index (χ0v) is 12.6. The van der Waals surface area contributed by atoms with E-state index in [4.69, 9.17) is 4.74 Å². The van der Waals surface area contributed by atoms with E-state index in [1.54, 1.807) is 30.3 Å². The van der Waals surface area contributed by atoms with E-state index >= 15 is 0 Å². The predicted molar refractivity (Wildman–Crippen MR) is 80.1 cm³/mol. The molecule has 0 aliphatic heterocycles. The first kappa shape index (κ1) is 17.4. The molecule has 0 radical (unpaired) electrons. The van der Waals surface area contributed by atoms with Crippen LogP contribution in [0, 0.1) is 5.92 Å². The molecule has 0 aliphatic rings. The molecule has 1 rings (SSSR count). The minimum atomic E-state index is -1.15. The minimum absolute atomic E-state index is 0.0241. The van der Waals surface area contributed by atoms with Crippen LogP contribution in [0.4, 0.5) is 4.79 Å². The van der Waals surface area contributed by atoms with Gasteiger partial charge >= 0.3 is 12.1 Å². The SMILES string of the molecule is C=CCOC(=O)N[C@@H](c1ccccc1)C(C(C)=O)C(=O)OC. The minimum Gasteiger partial charge on any atom is -0.468 e. The lowest BCUT2D eigenvalue weighted by molar-refractivity contribution is -0.150. The molecular formula is C16H19NO5. The lowest BCUT2D eigenvalue weighted by Gasteiger charge is -2.24. The van der Waals surface area contributed by atoms with Crippen LogP contribution in [-0.2, 0) is 19.1 Å². The van der Waals surface area contributed by atoms with Crippen LogP contribution in [0.2, 0.25) is 0 Å². The third-order valence-electron chi connectivity index (χ3n) is 2.99. The maximum absolute atomic E-state index is 11.9. The number of carbonyl (C=O) groups is 3. The molecule has 6 heteroatoms. The molecule has 22 heavy (non-hydrogen) atoms. The van der Waals surface area contributed by atoms with Gasteiger partial charge in [-0.3, -0.25) is 9.59 Å². The van der Waals surface area contributed by atoms with E-state index in [9.17, 15) is 14.4 Å². The van der Waals surface area contributed by atoms with Crippen molar-refractivity contribution in [3.8, 4) is 0 Å². The van der Waals surface area contributed by atoms with Crippen molar-refractivity contribution in [2.24, 2.45) is 5.92 Å². The number of ketones is 1. The number of hydrogen-bond donors (Lipinski definition) is 1. The number of methoxy groups -OCH3 is 1. The summed E-state index contributed by atoms with van der Waals surface area (Å²) in [6.45, 7) is 4.74. The average Bonchev–Trinajstić information content (AvgIpc) is 2.52. The summed E-state index contributed by atoms with van der Waals surface area (Å²) in [4.78, 5) is 35.5. The average molecular weight is 305 g/mol. The van der Waals surface area contributed by atoms with Crippen molar-refractivity contribution in [3.63, 3.8) is 0 Å². The van der Waals surface area contributed by atoms with Crippen molar-refractivity contribution in [1.82, 2.24) is 5.32 Å². The smallest absolute Gasteiger partial charge is 0.407 e. The zero-order valence-electron chi connectivity index (χ0n) is 12.6. The maximum Gasteiger partial charge on any atom is 0.407 e. The van der Waals surface area contributed by atoms with Gasteiger partial charge in [0.2, 0.25) is 0 Å². The summed E-state index contributed by atoms with van der Waals surface area (Å²) in [5, 5.41) is 2.53. The van der Waals surface area contributed by atoms with Crippen LogP contribution in [0.15, 0.2) is 43.0 Å². The quantitative estimate of drug-likeness (QED) is 0.473. The van der Waals surface area contributed by atoms with Crippen LogP contribution < -0.4 is 5.32 Å². The molecule has 6 nitrogen and oxygen atoms in total. The van der Waals surface area contributed by atoms with E-state index < -0.39 is 29.8 Å². The van der Waals surface area contributed by atoms with Gasteiger partial charge in [-0.2, -0.15) is 0 Å². The third kappa shape index (κ3) is 4.73. The first-order valence-corrected chi connectivity index (χ1v) is 6.68. The number of nitrogens with one attached hydrogen (secondary N) is 1. The van der Waals surface area contributed by atoms with E-state index in [0.29, 0.717) is 5.56 Å². The predicted octanol–water partition coefficient (Wildman–Crippen LogP) is 2.02. The Kier molecular flexibility index (Phi) is 6.82. The molecule has 1 N–H and O–H groups in total. The number of amides is 1. The van der Waals surface area contributed by atoms with E-state index in [1.165, 1.54) is 20.1 Å². The van der Waals surface area contributed by atoms with Gasteiger partial charge in [-0.1, -0.05) is 43.0 Å². The van der Waals surface area contributed by atoms with E-state index in [0.717, 1.165) is 0 Å². The highest BCUT2D eigenvalue weighted by Gasteiger charge is 2.35. The molecule has 0 saturated heterocycles. The summed E-state index contributed by atoms with van der Waals surface area (Å²) < 4.78 is 9.53. The molecule has 0 bridgehead atoms. The van der Waals surface area contributed by atoms with Crippen molar-refractivity contribution in [2.45, 2.75) is 13.0 Å². The van der Waals surface area contributed by atoms with Gasteiger partial charge < -0.3 is 14.8 Å². The fourth-order valence-corrected chi connectivity index (χ4v) is 1.99. The lowest BCUT2D eigenvalue weighted by Crippen LogP contribution is -2.40. The highest BCUT2D eigenvalue weighted by atomic mass is 16.5. The molecule has 0 heterocycles. The number of carbonyl (C=O) groups excluding carboxylic acids is 3. The lowest BCUT2D eigenvalue weighted by atomic mass is 9.90. The Hall–Kier alpha value is -2.63. The van der Waals surface area contributed by atoms with Crippen molar-refractivity contribution < 1.29 is 23.9 Å². The fourth-order valence-electron chi connectivity index (χ4n) is 1.99. The van der Waals surface area contributed by atoms with Crippen molar-refractivity contribution in [3.05, 3.63) is 48.6 Å². The largest absolute Gasteiger partial charge is 0.468 e. The molecule has 1 aromatic rings. The van der Waals surface area contributed by atoms with Gasteiger partial charge in [0.25, 0.3) is 0 Å². The van der Waals surface area contributed by atoms with Crippen molar-refractivity contribution in [1.29, 1.82) is 0 Å². The molecule has 0 fully saturated rings. The molecule has 1 aromatic carbocycles. The van der Waals surface area contributed by atoms with E-state index in [-0.39, 0.29) is 6.61 Å². The number of hydrogen-bond acceptors (Lipinski definition) is 5. The molecular weight excluding hydrogens is 286 g/mol. The van der Waals surface area contributed by atoms with E-state index in [2.05, 4.69) is 16.6 Å². The van der Waals surface area contributed by atoms with Gasteiger partial charge in [0, 0.05) is 0 Å². The molecule has 0 aromatic heterocycles. The van der Waals surface area contributed by atoms with Crippen molar-refractivity contribution in [2.75, 3.05) is 13.7 Å². The van der Waals surface area contributed by atoms with Crippen LogP contribution >= 0.6 is 0 Å². The molecule has 2 atom stereocenters. The molecule has 0 spiro atoms. The number of alkyl carbamates (subject to hydrolysis) is 1. The number of ether oxygens (including phenoxy) is 2. The number of benzene rings is 1. The summed E-state index contributed by atoms with van der Waals surface area (Å²) >= 11 is 0. The third-order valence-corrected chi connectivity index (χ3v) is 2.99. The first-order valence-electron chi connectivity index (χ1n) is 6.68. The topological polar surface area (TPSA) is 81.7 Å². The standard InChI is InChI=1S/C16H19NO5/c1-4-10-22-16(20)17-14(12-8-6-5-7-9-12)13(11(2)18)15(19)21-3/h4-9,13-14H,1,10H2,2-3H3,(H,17,20)/t13?,14-/m0/s1. The molecule has 1 unspecified atom stereocenters. The maximum atomic E-state index is 11.9. The van der Waals surface area contributed by atoms with Crippen LogP contribution in [0.25, 0.3) is 0 Å². The van der Waals surface area contributed by atoms with Gasteiger partial charge in [0.1, 0.15) is 18.3 Å². The molecule has 0 saturated carbocycles. The Labute approximate surface area is 129 Å². The number of Topliss-reactive ketones (excluding diaryl/α,β-unsaturated/α-hetero) is 1. The first-order chi connectivity index (χ1) is 10.5. The van der Waals surface area contributed by atoms with Gasteiger partial charge in [0.05, 0.1) is 13.2 Å². The summed E-state index contributed by atoms with van der Waals surface area (Å²) in [7, 11) is 1.19. The summed E-state index contributed by atoms with van der Waals surface area (Å²) in [6, 6.07) is 7.82. The Morgan fingerprint density at radius 2 is 1.91 bits per heavy atom. The second-order valence-electron chi connectivity index (χ2n) is 4.53. The van der Waals surface area contributed by atoms with Gasteiger partial charge in [0.15, 0.2) is 0 Å². The summed E-state index contributed by atoms with van der Waals surface area (Å²) in [6.07, 6.45) is 0.670. The van der Waals surface area contributed by atoms with Gasteiger partial charge in [-0.15, -0.1) is 0 Å². The molecule has 0 aliphatic carbocycles. The number of esters is 1. The Bertz CT molecular complexity index is 541. The molecule has 118 valence electrons. The second kappa shape index (κ2) is 8.61. The second-order valence-corrected chi connectivity index (χ2v) is 4.53. The fraction of sp³-hybridized carbons (Fsp3) is 0.312. The van der Waals surface area contributed by atoms with Crippen LogP contribution in [0.1, 0.15) is 18.5 Å². The van der Waals surface area contributed by atoms with Gasteiger partial charge in [-0.05, 0) is 12.5 Å². The van der Waals surface area contributed by atoms with Gasteiger partial charge in [-0.25, -0.2) is 4.79 Å². The number of rotatable bonds is 7. The summed E-state index contributed by atoms with van der Waals surface area (Å²) in [5.74, 6) is -2.28. The van der Waals surface area contributed by atoms with E-state index in [1.807, 2.05) is 0 Å². The normalized spacial score (nSPS) is 12.6. The monoisotopic (exact) mass is 305 g/mol.